The zero-order chi connectivity index (χ0) is 15.2. The number of imidazole rings is 1. The van der Waals surface area contributed by atoms with E-state index in [4.69, 9.17) is 9.47 Å². The van der Waals surface area contributed by atoms with E-state index in [0.29, 0.717) is 23.3 Å². The molecule has 2 heterocycles. The van der Waals surface area contributed by atoms with Gasteiger partial charge in [0.15, 0.2) is 5.65 Å². The SMILES string of the molecule is O=C(OCCOCn1cnc2cncnc21)c1ccccc1. The Kier molecular flexibility index (Phi) is 4.35. The van der Waals surface area contributed by atoms with Gasteiger partial charge in [-0.1, -0.05) is 18.2 Å². The van der Waals surface area contributed by atoms with Crippen molar-refractivity contribution in [2.24, 2.45) is 0 Å². The van der Waals surface area contributed by atoms with E-state index >= 15 is 0 Å². The first kappa shape index (κ1) is 14.2. The van der Waals surface area contributed by atoms with Crippen molar-refractivity contribution in [3.8, 4) is 0 Å². The summed E-state index contributed by atoms with van der Waals surface area (Å²) in [5.74, 6) is -0.356. The Hall–Kier alpha value is -2.80. The summed E-state index contributed by atoms with van der Waals surface area (Å²) in [6, 6.07) is 8.85. The number of rotatable bonds is 6. The third-order valence-corrected chi connectivity index (χ3v) is 2.98. The number of aromatic nitrogens is 4. The molecular formula is C15H14N4O3. The Labute approximate surface area is 126 Å². The van der Waals surface area contributed by atoms with Gasteiger partial charge in [0.2, 0.25) is 0 Å². The molecule has 0 fully saturated rings. The number of hydrogen-bond donors (Lipinski definition) is 0. The summed E-state index contributed by atoms with van der Waals surface area (Å²) in [7, 11) is 0. The van der Waals surface area contributed by atoms with E-state index in [2.05, 4.69) is 15.0 Å². The molecule has 0 saturated heterocycles. The van der Waals surface area contributed by atoms with E-state index in [1.54, 1.807) is 41.4 Å². The van der Waals surface area contributed by atoms with Crippen molar-refractivity contribution in [3.05, 3.63) is 54.7 Å². The maximum Gasteiger partial charge on any atom is 0.338 e. The monoisotopic (exact) mass is 298 g/mol. The van der Waals surface area contributed by atoms with E-state index < -0.39 is 0 Å². The number of fused-ring (bicyclic) bond motifs is 1. The lowest BCUT2D eigenvalue weighted by Crippen LogP contribution is -2.12. The predicted molar refractivity (Wildman–Crippen MR) is 78.0 cm³/mol. The zero-order valence-electron chi connectivity index (χ0n) is 11.8. The molecule has 0 unspecified atom stereocenters. The maximum absolute atomic E-state index is 11.7. The van der Waals surface area contributed by atoms with Crippen molar-refractivity contribution in [3.63, 3.8) is 0 Å². The van der Waals surface area contributed by atoms with E-state index in [0.717, 1.165) is 0 Å². The van der Waals surface area contributed by atoms with Crippen molar-refractivity contribution < 1.29 is 14.3 Å². The molecule has 3 rings (SSSR count). The molecule has 1 aromatic carbocycles. The van der Waals surface area contributed by atoms with Crippen molar-refractivity contribution in [2.45, 2.75) is 6.73 Å². The number of hydrogen-bond acceptors (Lipinski definition) is 6. The first-order valence-corrected chi connectivity index (χ1v) is 6.75. The van der Waals surface area contributed by atoms with E-state index in [-0.39, 0.29) is 19.3 Å². The van der Waals surface area contributed by atoms with Crippen LogP contribution in [0.3, 0.4) is 0 Å². The standard InChI is InChI=1S/C15H14N4O3/c20-15(12-4-2-1-3-5-12)22-7-6-21-11-19-10-18-13-8-16-9-17-14(13)19/h1-5,8-10H,6-7,11H2. The molecule has 0 amide bonds. The minimum absolute atomic E-state index is 0.190. The van der Waals surface area contributed by atoms with Gasteiger partial charge in [-0.3, -0.25) is 4.57 Å². The maximum atomic E-state index is 11.7. The normalized spacial score (nSPS) is 10.7. The second-order valence-electron chi connectivity index (χ2n) is 4.49. The van der Waals surface area contributed by atoms with Crippen LogP contribution >= 0.6 is 0 Å². The largest absolute Gasteiger partial charge is 0.460 e. The topological polar surface area (TPSA) is 79.1 Å². The number of benzene rings is 1. The highest BCUT2D eigenvalue weighted by Crippen LogP contribution is 2.07. The third-order valence-electron chi connectivity index (χ3n) is 2.98. The van der Waals surface area contributed by atoms with Crippen LogP contribution in [0.2, 0.25) is 0 Å². The molecule has 0 aliphatic rings. The molecule has 22 heavy (non-hydrogen) atoms. The van der Waals surface area contributed by atoms with Gasteiger partial charge in [-0.2, -0.15) is 0 Å². The van der Waals surface area contributed by atoms with Gasteiger partial charge in [-0.05, 0) is 12.1 Å². The summed E-state index contributed by atoms with van der Waals surface area (Å²) in [4.78, 5) is 23.9. The summed E-state index contributed by atoms with van der Waals surface area (Å²) in [6.45, 7) is 0.773. The van der Waals surface area contributed by atoms with Gasteiger partial charge < -0.3 is 9.47 Å². The molecule has 0 N–H and O–H groups in total. The molecule has 112 valence electrons. The summed E-state index contributed by atoms with van der Waals surface area (Å²) in [5.41, 5.74) is 1.94. The molecular weight excluding hydrogens is 284 g/mol. The lowest BCUT2D eigenvalue weighted by molar-refractivity contribution is 0.0181. The van der Waals surface area contributed by atoms with Gasteiger partial charge >= 0.3 is 5.97 Å². The molecule has 0 radical (unpaired) electrons. The average Bonchev–Trinajstić information content (AvgIpc) is 2.98. The molecule has 0 saturated carbocycles. The number of ether oxygens (including phenoxy) is 2. The number of carbonyl (C=O) groups is 1. The van der Waals surface area contributed by atoms with Crippen LogP contribution in [0.1, 0.15) is 10.4 Å². The van der Waals surface area contributed by atoms with Crippen molar-refractivity contribution in [1.82, 2.24) is 19.5 Å². The molecule has 0 bridgehead atoms. The fourth-order valence-electron chi connectivity index (χ4n) is 1.92. The molecule has 0 spiro atoms. The highest BCUT2D eigenvalue weighted by Gasteiger charge is 2.06. The Morgan fingerprint density at radius 2 is 2.00 bits per heavy atom. The van der Waals surface area contributed by atoms with Crippen molar-refractivity contribution in [2.75, 3.05) is 13.2 Å². The lowest BCUT2D eigenvalue weighted by Gasteiger charge is -2.07. The molecule has 0 aliphatic carbocycles. The Morgan fingerprint density at radius 3 is 2.86 bits per heavy atom. The van der Waals surface area contributed by atoms with E-state index in [1.165, 1.54) is 6.33 Å². The van der Waals surface area contributed by atoms with E-state index in [9.17, 15) is 4.79 Å². The summed E-state index contributed by atoms with van der Waals surface area (Å²) < 4.78 is 12.3. The number of esters is 1. The fourth-order valence-corrected chi connectivity index (χ4v) is 1.92. The second kappa shape index (κ2) is 6.77. The molecule has 3 aromatic rings. The van der Waals surface area contributed by atoms with Gasteiger partial charge in [0.25, 0.3) is 0 Å². The average molecular weight is 298 g/mol. The Bertz CT molecular complexity index is 758. The van der Waals surface area contributed by atoms with Crippen LogP contribution in [0.25, 0.3) is 11.2 Å². The molecule has 7 heteroatoms. The Balaban J connectivity index is 1.43. The van der Waals surface area contributed by atoms with Crippen molar-refractivity contribution in [1.29, 1.82) is 0 Å². The van der Waals surface area contributed by atoms with Gasteiger partial charge in [-0.15, -0.1) is 0 Å². The molecule has 0 atom stereocenters. The van der Waals surface area contributed by atoms with Gasteiger partial charge in [-0.25, -0.2) is 19.7 Å². The second-order valence-corrected chi connectivity index (χ2v) is 4.49. The third kappa shape index (κ3) is 3.26. The number of carbonyl (C=O) groups excluding carboxylic acids is 1. The predicted octanol–water partition coefficient (Wildman–Crippen LogP) is 1.66. The van der Waals surface area contributed by atoms with Crippen LogP contribution in [-0.4, -0.2) is 38.7 Å². The zero-order valence-corrected chi connectivity index (χ0v) is 11.8. The number of nitrogens with zero attached hydrogens (tertiary/aromatic N) is 4. The van der Waals surface area contributed by atoms with Crippen LogP contribution in [0, 0.1) is 0 Å². The highest BCUT2D eigenvalue weighted by atomic mass is 16.6. The summed E-state index contributed by atoms with van der Waals surface area (Å²) >= 11 is 0. The summed E-state index contributed by atoms with van der Waals surface area (Å²) in [6.07, 6.45) is 4.73. The quantitative estimate of drug-likeness (QED) is 0.508. The van der Waals surface area contributed by atoms with Crippen molar-refractivity contribution >= 4 is 17.1 Å². The summed E-state index contributed by atoms with van der Waals surface area (Å²) in [5, 5.41) is 0. The van der Waals surface area contributed by atoms with Crippen LogP contribution in [0.5, 0.6) is 0 Å². The molecule has 2 aromatic heterocycles. The van der Waals surface area contributed by atoms with Gasteiger partial charge in [0.05, 0.1) is 24.7 Å². The fraction of sp³-hybridized carbons (Fsp3) is 0.200. The minimum Gasteiger partial charge on any atom is -0.460 e. The molecule has 0 aliphatic heterocycles. The first-order valence-electron chi connectivity index (χ1n) is 6.75. The highest BCUT2D eigenvalue weighted by molar-refractivity contribution is 5.89. The first-order chi connectivity index (χ1) is 10.8. The Morgan fingerprint density at radius 1 is 1.14 bits per heavy atom. The van der Waals surface area contributed by atoms with E-state index in [1.807, 2.05) is 6.07 Å². The minimum atomic E-state index is -0.356. The molecule has 7 nitrogen and oxygen atoms in total. The van der Waals surface area contributed by atoms with Crippen LogP contribution in [0.15, 0.2) is 49.2 Å². The lowest BCUT2D eigenvalue weighted by atomic mass is 10.2. The van der Waals surface area contributed by atoms with Crippen LogP contribution < -0.4 is 0 Å². The van der Waals surface area contributed by atoms with Gasteiger partial charge in [0, 0.05) is 0 Å². The van der Waals surface area contributed by atoms with Gasteiger partial charge in [0.1, 0.15) is 25.2 Å². The smallest absolute Gasteiger partial charge is 0.338 e. The van der Waals surface area contributed by atoms with Crippen LogP contribution in [-0.2, 0) is 16.2 Å². The van der Waals surface area contributed by atoms with Crippen LogP contribution in [0.4, 0.5) is 0 Å².